The SMILES string of the molecule is COC(=O)/C(C)=C/c1cn(Cc2cc(C)cc(C(F)(F)F)c2)c2ccccc12. The lowest BCUT2D eigenvalue weighted by atomic mass is 10.1. The first kappa shape index (κ1) is 19.7. The van der Waals surface area contributed by atoms with Crippen molar-refractivity contribution in [1.82, 2.24) is 4.57 Å². The highest BCUT2D eigenvalue weighted by Gasteiger charge is 2.30. The van der Waals surface area contributed by atoms with Crippen LogP contribution in [0.2, 0.25) is 0 Å². The third kappa shape index (κ3) is 4.11. The van der Waals surface area contributed by atoms with E-state index in [1.807, 2.05) is 35.0 Å². The van der Waals surface area contributed by atoms with Gasteiger partial charge in [-0.05, 0) is 43.7 Å². The van der Waals surface area contributed by atoms with Gasteiger partial charge in [0.15, 0.2) is 0 Å². The van der Waals surface area contributed by atoms with E-state index in [-0.39, 0.29) is 6.54 Å². The molecule has 0 amide bonds. The van der Waals surface area contributed by atoms with Gasteiger partial charge in [-0.2, -0.15) is 13.2 Å². The number of fused-ring (bicyclic) bond motifs is 1. The Balaban J connectivity index is 2.06. The first-order valence-electron chi connectivity index (χ1n) is 8.71. The van der Waals surface area contributed by atoms with Gasteiger partial charge < -0.3 is 9.30 Å². The Bertz CT molecular complexity index is 1060. The van der Waals surface area contributed by atoms with Crippen LogP contribution in [0, 0.1) is 6.92 Å². The zero-order valence-corrected chi connectivity index (χ0v) is 15.8. The highest BCUT2D eigenvalue weighted by molar-refractivity contribution is 5.97. The zero-order valence-electron chi connectivity index (χ0n) is 15.8. The molecule has 6 heteroatoms. The summed E-state index contributed by atoms with van der Waals surface area (Å²) in [6.07, 6.45) is -0.820. The molecule has 0 unspecified atom stereocenters. The minimum absolute atomic E-state index is 0.288. The van der Waals surface area contributed by atoms with Crippen molar-refractivity contribution in [3.63, 3.8) is 0 Å². The van der Waals surface area contributed by atoms with Gasteiger partial charge in [0.1, 0.15) is 0 Å². The molecule has 0 fully saturated rings. The van der Waals surface area contributed by atoms with E-state index in [9.17, 15) is 18.0 Å². The first-order chi connectivity index (χ1) is 13.2. The molecule has 0 saturated carbocycles. The number of halogens is 3. The molecule has 28 heavy (non-hydrogen) atoms. The second kappa shape index (κ2) is 7.54. The van der Waals surface area contributed by atoms with Crippen molar-refractivity contribution in [3.8, 4) is 0 Å². The van der Waals surface area contributed by atoms with Crippen LogP contribution in [0.25, 0.3) is 17.0 Å². The Morgan fingerprint density at radius 3 is 2.57 bits per heavy atom. The van der Waals surface area contributed by atoms with E-state index in [1.165, 1.54) is 13.2 Å². The van der Waals surface area contributed by atoms with Gasteiger partial charge in [-0.15, -0.1) is 0 Å². The fourth-order valence-corrected chi connectivity index (χ4v) is 3.29. The molecule has 3 rings (SSSR count). The number of ether oxygens (including phenoxy) is 1. The highest BCUT2D eigenvalue weighted by atomic mass is 19.4. The van der Waals surface area contributed by atoms with Crippen molar-refractivity contribution >= 4 is 22.9 Å². The van der Waals surface area contributed by atoms with E-state index in [1.54, 1.807) is 26.0 Å². The fraction of sp³-hybridized carbons (Fsp3) is 0.227. The number of esters is 1. The lowest BCUT2D eigenvalue weighted by Crippen LogP contribution is -2.07. The number of benzene rings is 2. The van der Waals surface area contributed by atoms with Gasteiger partial charge in [0.05, 0.1) is 12.7 Å². The average molecular weight is 387 g/mol. The molecule has 3 nitrogen and oxygen atoms in total. The maximum Gasteiger partial charge on any atom is 0.416 e. The molecule has 0 spiro atoms. The first-order valence-corrected chi connectivity index (χ1v) is 8.71. The van der Waals surface area contributed by atoms with Crippen LogP contribution in [0.3, 0.4) is 0 Å². The molecule has 1 heterocycles. The van der Waals surface area contributed by atoms with Gasteiger partial charge in [0.2, 0.25) is 0 Å². The van der Waals surface area contributed by atoms with Gasteiger partial charge in [0, 0.05) is 34.8 Å². The number of nitrogens with zero attached hydrogens (tertiary/aromatic N) is 1. The predicted octanol–water partition coefficient (Wildman–Crippen LogP) is 5.59. The third-order valence-electron chi connectivity index (χ3n) is 4.52. The minimum atomic E-state index is -4.38. The van der Waals surface area contributed by atoms with Crippen LogP contribution < -0.4 is 0 Å². The minimum Gasteiger partial charge on any atom is -0.466 e. The fourth-order valence-electron chi connectivity index (χ4n) is 3.29. The molecule has 0 radical (unpaired) electrons. The van der Waals surface area contributed by atoms with Crippen molar-refractivity contribution < 1.29 is 22.7 Å². The molecule has 0 saturated heterocycles. The zero-order chi connectivity index (χ0) is 20.5. The van der Waals surface area contributed by atoms with Crippen molar-refractivity contribution in [3.05, 3.63) is 76.5 Å². The summed E-state index contributed by atoms with van der Waals surface area (Å²) < 4.78 is 46.0. The molecule has 0 N–H and O–H groups in total. The Kier molecular flexibility index (Phi) is 5.31. The van der Waals surface area contributed by atoms with Crippen molar-refractivity contribution in [2.24, 2.45) is 0 Å². The molecule has 3 aromatic rings. The van der Waals surface area contributed by atoms with Gasteiger partial charge in [-0.3, -0.25) is 0 Å². The van der Waals surface area contributed by atoms with E-state index < -0.39 is 17.7 Å². The van der Waals surface area contributed by atoms with Crippen LogP contribution in [0.1, 0.15) is 29.2 Å². The summed E-state index contributed by atoms with van der Waals surface area (Å²) in [6, 6.07) is 11.6. The lowest BCUT2D eigenvalue weighted by molar-refractivity contribution is -0.138. The average Bonchev–Trinajstić information content (AvgIpc) is 2.97. The topological polar surface area (TPSA) is 31.2 Å². The van der Waals surface area contributed by atoms with Crippen LogP contribution in [0.5, 0.6) is 0 Å². The standard InChI is InChI=1S/C22H20F3NO2/c1-14-8-16(11-18(9-14)22(23,24)25)12-26-13-17(10-15(2)21(27)28-3)19-6-4-5-7-20(19)26/h4-11,13H,12H2,1-3H3/b15-10+. The van der Waals surface area contributed by atoms with Gasteiger partial charge in [0.25, 0.3) is 0 Å². The molecular weight excluding hydrogens is 367 g/mol. The van der Waals surface area contributed by atoms with Gasteiger partial charge >= 0.3 is 12.1 Å². The second-order valence-corrected chi connectivity index (χ2v) is 6.75. The molecule has 2 aromatic carbocycles. The van der Waals surface area contributed by atoms with E-state index in [0.717, 1.165) is 22.5 Å². The van der Waals surface area contributed by atoms with Crippen LogP contribution in [0.15, 0.2) is 54.2 Å². The summed E-state index contributed by atoms with van der Waals surface area (Å²) in [5, 5.41) is 0.912. The smallest absolute Gasteiger partial charge is 0.416 e. The van der Waals surface area contributed by atoms with Crippen molar-refractivity contribution in [1.29, 1.82) is 0 Å². The van der Waals surface area contributed by atoms with Crippen LogP contribution in [0.4, 0.5) is 13.2 Å². The summed E-state index contributed by atoms with van der Waals surface area (Å²) in [4.78, 5) is 11.7. The highest BCUT2D eigenvalue weighted by Crippen LogP contribution is 2.31. The Hall–Kier alpha value is -3.02. The van der Waals surface area contributed by atoms with E-state index >= 15 is 0 Å². The molecule has 1 aromatic heterocycles. The summed E-state index contributed by atoms with van der Waals surface area (Å²) in [7, 11) is 1.32. The summed E-state index contributed by atoms with van der Waals surface area (Å²) in [5.41, 5.74) is 2.60. The Morgan fingerprint density at radius 2 is 1.89 bits per heavy atom. The summed E-state index contributed by atoms with van der Waals surface area (Å²) in [5.74, 6) is -0.426. The summed E-state index contributed by atoms with van der Waals surface area (Å²) in [6.45, 7) is 3.60. The number of aryl methyl sites for hydroxylation is 1. The number of para-hydroxylation sites is 1. The molecule has 0 bridgehead atoms. The van der Waals surface area contributed by atoms with E-state index in [4.69, 9.17) is 4.74 Å². The number of hydrogen-bond donors (Lipinski definition) is 0. The molecule has 0 atom stereocenters. The number of aromatic nitrogens is 1. The lowest BCUT2D eigenvalue weighted by Gasteiger charge is -2.12. The van der Waals surface area contributed by atoms with Gasteiger partial charge in [-0.1, -0.05) is 29.8 Å². The second-order valence-electron chi connectivity index (χ2n) is 6.75. The molecular formula is C22H20F3NO2. The molecule has 0 aliphatic rings. The number of hydrogen-bond acceptors (Lipinski definition) is 2. The van der Waals surface area contributed by atoms with Crippen molar-refractivity contribution in [2.75, 3.05) is 7.11 Å². The normalized spacial score (nSPS) is 12.4. The maximum atomic E-state index is 13.1. The van der Waals surface area contributed by atoms with Crippen molar-refractivity contribution in [2.45, 2.75) is 26.6 Å². The van der Waals surface area contributed by atoms with Gasteiger partial charge in [-0.25, -0.2) is 4.79 Å². The summed E-state index contributed by atoms with van der Waals surface area (Å²) >= 11 is 0. The predicted molar refractivity (Wildman–Crippen MR) is 103 cm³/mol. The number of methoxy groups -OCH3 is 1. The van der Waals surface area contributed by atoms with Crippen LogP contribution >= 0.6 is 0 Å². The molecule has 0 aliphatic carbocycles. The number of carbonyl (C=O) groups excluding carboxylic acids is 1. The molecule has 146 valence electrons. The third-order valence-corrected chi connectivity index (χ3v) is 4.52. The maximum absolute atomic E-state index is 13.1. The van der Waals surface area contributed by atoms with Crippen LogP contribution in [-0.2, 0) is 22.3 Å². The quantitative estimate of drug-likeness (QED) is 0.431. The Labute approximate surface area is 161 Å². The van der Waals surface area contributed by atoms with E-state index in [0.29, 0.717) is 16.7 Å². The number of carbonyl (C=O) groups is 1. The molecule has 0 aliphatic heterocycles. The number of rotatable bonds is 4. The Morgan fingerprint density at radius 1 is 1.18 bits per heavy atom. The largest absolute Gasteiger partial charge is 0.466 e. The monoisotopic (exact) mass is 387 g/mol. The van der Waals surface area contributed by atoms with Crippen LogP contribution in [-0.4, -0.2) is 17.6 Å². The number of alkyl halides is 3. The van der Waals surface area contributed by atoms with E-state index in [2.05, 4.69) is 0 Å².